The molecule has 0 bridgehead atoms. The van der Waals surface area contributed by atoms with E-state index in [1.165, 1.54) is 0 Å². The van der Waals surface area contributed by atoms with Crippen LogP contribution in [0.5, 0.6) is 0 Å². The summed E-state index contributed by atoms with van der Waals surface area (Å²) in [4.78, 5) is 6.40. The van der Waals surface area contributed by atoms with E-state index in [0.29, 0.717) is 12.2 Å². The summed E-state index contributed by atoms with van der Waals surface area (Å²) in [5.41, 5.74) is 7.10. The zero-order chi connectivity index (χ0) is 13.9. The highest BCUT2D eigenvalue weighted by molar-refractivity contribution is 5.96. The lowest BCUT2D eigenvalue weighted by atomic mass is 10.1. The lowest BCUT2D eigenvalue weighted by Gasteiger charge is -2.27. The second-order valence-corrected chi connectivity index (χ2v) is 4.65. The zero-order valence-corrected chi connectivity index (χ0v) is 10.8. The number of aromatic nitrogens is 4. The molecule has 2 aromatic heterocycles. The van der Waals surface area contributed by atoms with E-state index in [1.807, 2.05) is 16.7 Å². The molecule has 104 valence electrons. The smallest absolute Gasteiger partial charge is 0.189 e. The number of nitrogens with two attached hydrogens (primary N) is 1. The van der Waals surface area contributed by atoms with Crippen molar-refractivity contribution in [1.29, 1.82) is 0 Å². The quantitative estimate of drug-likeness (QED) is 0.347. The number of nitrogens with zero attached hydrogens (tertiary/aromatic N) is 6. The Bertz CT molecular complexity index is 636. The molecule has 0 fully saturated rings. The molecule has 0 radical (unpaired) electrons. The highest BCUT2D eigenvalue weighted by Gasteiger charge is 2.19. The highest BCUT2D eigenvalue weighted by atomic mass is 16.4. The van der Waals surface area contributed by atoms with Gasteiger partial charge >= 0.3 is 0 Å². The van der Waals surface area contributed by atoms with Gasteiger partial charge in [-0.15, -0.1) is 10.2 Å². The fourth-order valence-electron chi connectivity index (χ4n) is 2.34. The summed E-state index contributed by atoms with van der Waals surface area (Å²) in [6, 6.07) is 3.77. The molecule has 0 saturated heterocycles. The van der Waals surface area contributed by atoms with Crippen LogP contribution in [0.1, 0.15) is 17.1 Å². The topological polar surface area (TPSA) is 105 Å². The Kier molecular flexibility index (Phi) is 3.30. The number of hydrogen-bond acceptors (Lipinski definition) is 6. The van der Waals surface area contributed by atoms with Gasteiger partial charge in [0.25, 0.3) is 0 Å². The van der Waals surface area contributed by atoms with Crippen molar-refractivity contribution >= 4 is 5.84 Å². The molecule has 3 heterocycles. The first-order chi connectivity index (χ1) is 9.78. The lowest BCUT2D eigenvalue weighted by Crippen LogP contribution is -2.34. The summed E-state index contributed by atoms with van der Waals surface area (Å²) in [6.07, 6.45) is 3.38. The molecule has 8 nitrogen and oxygen atoms in total. The van der Waals surface area contributed by atoms with Crippen molar-refractivity contribution in [3.05, 3.63) is 41.7 Å². The maximum Gasteiger partial charge on any atom is 0.189 e. The highest BCUT2D eigenvalue weighted by Crippen LogP contribution is 2.14. The van der Waals surface area contributed by atoms with Crippen LogP contribution in [0.2, 0.25) is 0 Å². The number of fused-ring (bicyclic) bond motifs is 1. The number of hydrogen-bond donors (Lipinski definition) is 2. The number of oxime groups is 1. The van der Waals surface area contributed by atoms with Crippen molar-refractivity contribution in [2.75, 3.05) is 6.54 Å². The van der Waals surface area contributed by atoms with Crippen LogP contribution in [0.15, 0.2) is 29.8 Å². The molecule has 0 amide bonds. The first-order valence-electron chi connectivity index (χ1n) is 6.29. The third-order valence-corrected chi connectivity index (χ3v) is 3.35. The van der Waals surface area contributed by atoms with Gasteiger partial charge in [-0.2, -0.15) is 0 Å². The van der Waals surface area contributed by atoms with E-state index in [9.17, 15) is 0 Å². The van der Waals surface area contributed by atoms with Crippen molar-refractivity contribution < 1.29 is 5.21 Å². The van der Waals surface area contributed by atoms with Crippen molar-refractivity contribution in [1.82, 2.24) is 24.6 Å². The Morgan fingerprint density at radius 2 is 2.35 bits per heavy atom. The van der Waals surface area contributed by atoms with Gasteiger partial charge < -0.3 is 15.5 Å². The van der Waals surface area contributed by atoms with Gasteiger partial charge in [-0.05, 0) is 11.6 Å². The van der Waals surface area contributed by atoms with Crippen LogP contribution in [0.25, 0.3) is 0 Å². The van der Waals surface area contributed by atoms with Crippen molar-refractivity contribution in [3.63, 3.8) is 0 Å². The standard InChI is InChI=1S/C12H15N7O/c13-12(17-20)11-9(2-1-3-14-11)6-18-4-5-19-8-15-16-10(19)7-18/h1-3,8,20H,4-7H2,(H2,13,17). The van der Waals surface area contributed by atoms with Gasteiger partial charge in [-0.1, -0.05) is 11.2 Å². The van der Waals surface area contributed by atoms with E-state index in [0.717, 1.165) is 31.0 Å². The second-order valence-electron chi connectivity index (χ2n) is 4.65. The third-order valence-electron chi connectivity index (χ3n) is 3.35. The fraction of sp³-hybridized carbons (Fsp3) is 0.333. The molecule has 20 heavy (non-hydrogen) atoms. The zero-order valence-electron chi connectivity index (χ0n) is 10.8. The first-order valence-corrected chi connectivity index (χ1v) is 6.29. The molecule has 3 N–H and O–H groups in total. The van der Waals surface area contributed by atoms with E-state index in [1.54, 1.807) is 12.5 Å². The molecule has 2 aromatic rings. The summed E-state index contributed by atoms with van der Waals surface area (Å²) >= 11 is 0. The Balaban J connectivity index is 1.79. The normalized spacial score (nSPS) is 16.1. The Hall–Kier alpha value is -2.48. The molecule has 0 atom stereocenters. The monoisotopic (exact) mass is 273 g/mol. The fourth-order valence-corrected chi connectivity index (χ4v) is 2.34. The molecule has 1 aliphatic heterocycles. The molecule has 8 heteroatoms. The third kappa shape index (κ3) is 2.32. The Morgan fingerprint density at radius 3 is 3.20 bits per heavy atom. The summed E-state index contributed by atoms with van der Waals surface area (Å²) in [5.74, 6) is 0.978. The van der Waals surface area contributed by atoms with Crippen LogP contribution in [0.4, 0.5) is 0 Å². The maximum atomic E-state index is 8.81. The van der Waals surface area contributed by atoms with Crippen LogP contribution < -0.4 is 5.73 Å². The molecule has 1 aliphatic rings. The number of amidine groups is 1. The molecule has 0 aromatic carbocycles. The first kappa shape index (κ1) is 12.5. The van der Waals surface area contributed by atoms with Crippen molar-refractivity contribution in [3.8, 4) is 0 Å². The SMILES string of the molecule is NC(=NO)c1ncccc1CN1CCn2cnnc2C1. The maximum absolute atomic E-state index is 8.81. The van der Waals surface area contributed by atoms with Crippen LogP contribution in [0, 0.1) is 0 Å². The van der Waals surface area contributed by atoms with Crippen LogP contribution in [-0.2, 0) is 19.6 Å². The summed E-state index contributed by atoms with van der Waals surface area (Å²) in [5, 5.41) is 19.8. The molecule has 0 spiro atoms. The molecule has 0 saturated carbocycles. The lowest BCUT2D eigenvalue weighted by molar-refractivity contribution is 0.208. The van der Waals surface area contributed by atoms with Crippen LogP contribution in [0.3, 0.4) is 0 Å². The predicted molar refractivity (Wildman–Crippen MR) is 70.9 cm³/mol. The second kappa shape index (κ2) is 5.25. The van der Waals surface area contributed by atoms with Crippen molar-refractivity contribution in [2.24, 2.45) is 10.9 Å². The van der Waals surface area contributed by atoms with Crippen LogP contribution in [-0.4, -0.2) is 42.2 Å². The largest absolute Gasteiger partial charge is 0.409 e. The van der Waals surface area contributed by atoms with Gasteiger partial charge in [-0.3, -0.25) is 9.88 Å². The molecule has 3 rings (SSSR count). The minimum Gasteiger partial charge on any atom is -0.409 e. The van der Waals surface area contributed by atoms with E-state index in [4.69, 9.17) is 10.9 Å². The van der Waals surface area contributed by atoms with Crippen LogP contribution >= 0.6 is 0 Å². The predicted octanol–water partition coefficient (Wildman–Crippen LogP) is -0.217. The van der Waals surface area contributed by atoms with Gasteiger partial charge in [-0.25, -0.2) is 0 Å². The summed E-state index contributed by atoms with van der Waals surface area (Å²) in [7, 11) is 0. The van der Waals surface area contributed by atoms with Gasteiger partial charge in [0.05, 0.1) is 6.54 Å². The summed E-state index contributed by atoms with van der Waals surface area (Å²) in [6.45, 7) is 3.16. The number of pyridine rings is 1. The van der Waals surface area contributed by atoms with Gasteiger partial charge in [0.2, 0.25) is 0 Å². The molecular weight excluding hydrogens is 258 g/mol. The van der Waals surface area contributed by atoms with Gasteiger partial charge in [0.1, 0.15) is 17.8 Å². The van der Waals surface area contributed by atoms with Gasteiger partial charge in [0, 0.05) is 25.8 Å². The van der Waals surface area contributed by atoms with E-state index < -0.39 is 0 Å². The Morgan fingerprint density at radius 1 is 1.45 bits per heavy atom. The summed E-state index contributed by atoms with van der Waals surface area (Å²) < 4.78 is 2.05. The Labute approximate surface area is 115 Å². The van der Waals surface area contributed by atoms with Gasteiger partial charge in [0.15, 0.2) is 5.84 Å². The molecule has 0 aliphatic carbocycles. The average molecular weight is 273 g/mol. The number of rotatable bonds is 3. The van der Waals surface area contributed by atoms with E-state index >= 15 is 0 Å². The van der Waals surface area contributed by atoms with E-state index in [-0.39, 0.29) is 5.84 Å². The average Bonchev–Trinajstić information content (AvgIpc) is 2.94. The minimum absolute atomic E-state index is 0.0285. The van der Waals surface area contributed by atoms with Crippen molar-refractivity contribution in [2.45, 2.75) is 19.6 Å². The molecule has 0 unspecified atom stereocenters. The van der Waals surface area contributed by atoms with E-state index in [2.05, 4.69) is 25.2 Å². The molecular formula is C12H15N7O. The minimum atomic E-state index is 0.0285.